The van der Waals surface area contributed by atoms with E-state index in [1.807, 2.05) is 0 Å². The number of thiophene rings is 1. The van der Waals surface area contributed by atoms with Crippen molar-refractivity contribution in [2.24, 2.45) is 0 Å². The second kappa shape index (κ2) is 5.16. The number of alkyl halides is 2. The third kappa shape index (κ3) is 3.10. The fourth-order valence-electron chi connectivity index (χ4n) is 1.08. The average Bonchev–Trinajstić information content (AvgIpc) is 2.78. The van der Waals surface area contributed by atoms with Crippen LogP contribution in [-0.2, 0) is 9.53 Å². The molecule has 0 N–H and O–H groups in total. The molecular weight excluding hydrogens is 238 g/mol. The zero-order valence-electron chi connectivity index (χ0n) is 8.54. The minimum Gasteiger partial charge on any atom is -0.465 e. The smallest absolute Gasteiger partial charge is 0.376 e. The van der Waals surface area contributed by atoms with Gasteiger partial charge in [0.2, 0.25) is 0 Å². The molecule has 0 radical (unpaired) electrons. The van der Waals surface area contributed by atoms with Gasteiger partial charge in [0.15, 0.2) is 5.78 Å². The van der Waals surface area contributed by atoms with E-state index in [2.05, 4.69) is 4.74 Å². The van der Waals surface area contributed by atoms with Crippen molar-refractivity contribution in [2.45, 2.75) is 18.8 Å². The average molecular weight is 248 g/mol. The maximum atomic E-state index is 13.0. The molecule has 0 fully saturated rings. The molecule has 0 bridgehead atoms. The fourth-order valence-corrected chi connectivity index (χ4v) is 1.78. The second-order valence-electron chi connectivity index (χ2n) is 3.10. The van der Waals surface area contributed by atoms with E-state index in [1.54, 1.807) is 17.5 Å². The van der Waals surface area contributed by atoms with Gasteiger partial charge in [-0.1, -0.05) is 6.07 Å². The van der Waals surface area contributed by atoms with Gasteiger partial charge >= 0.3 is 11.9 Å². The van der Waals surface area contributed by atoms with Crippen LogP contribution in [0.1, 0.15) is 22.5 Å². The van der Waals surface area contributed by atoms with Crippen LogP contribution in [0.25, 0.3) is 0 Å². The molecule has 0 saturated carbocycles. The molecule has 0 aliphatic carbocycles. The first-order valence-electron chi connectivity index (χ1n) is 4.50. The number of ether oxygens (including phenoxy) is 1. The molecule has 1 heterocycles. The molecular formula is C10H10F2O3S. The molecule has 0 atom stereocenters. The van der Waals surface area contributed by atoms with Gasteiger partial charge < -0.3 is 4.74 Å². The molecule has 0 aliphatic rings. The summed E-state index contributed by atoms with van der Waals surface area (Å²) in [5, 5.41) is 1.69. The third-order valence-corrected chi connectivity index (χ3v) is 2.86. The number of carbonyl (C=O) groups excluding carboxylic acids is 2. The normalized spacial score (nSPS) is 11.2. The van der Waals surface area contributed by atoms with Crippen molar-refractivity contribution < 1.29 is 23.1 Å². The van der Waals surface area contributed by atoms with Gasteiger partial charge in [0.25, 0.3) is 0 Å². The van der Waals surface area contributed by atoms with Gasteiger partial charge in [-0.05, 0) is 11.4 Å². The van der Waals surface area contributed by atoms with Crippen LogP contribution in [0.5, 0.6) is 0 Å². The van der Waals surface area contributed by atoms with E-state index < -0.39 is 24.1 Å². The van der Waals surface area contributed by atoms with Gasteiger partial charge in [0.05, 0.1) is 12.0 Å². The van der Waals surface area contributed by atoms with E-state index in [-0.39, 0.29) is 6.42 Å². The predicted octanol–water partition coefficient (Wildman–Crippen LogP) is 2.52. The van der Waals surface area contributed by atoms with Gasteiger partial charge in [0, 0.05) is 12.8 Å². The number of halogens is 2. The molecule has 0 unspecified atom stereocenters. The molecule has 6 heteroatoms. The number of ketones is 1. The van der Waals surface area contributed by atoms with E-state index >= 15 is 0 Å². The van der Waals surface area contributed by atoms with Crippen LogP contribution in [0.2, 0.25) is 0 Å². The van der Waals surface area contributed by atoms with E-state index in [9.17, 15) is 18.4 Å². The Morgan fingerprint density at radius 1 is 1.50 bits per heavy atom. The summed E-state index contributed by atoms with van der Waals surface area (Å²) in [6.45, 7) is 0. The molecule has 0 amide bonds. The zero-order chi connectivity index (χ0) is 12.2. The maximum Gasteiger partial charge on any atom is 0.376 e. The fraction of sp³-hybridized carbons (Fsp3) is 0.400. The van der Waals surface area contributed by atoms with Gasteiger partial charge in [-0.25, -0.2) is 4.79 Å². The lowest BCUT2D eigenvalue weighted by molar-refractivity contribution is -0.169. The Morgan fingerprint density at radius 3 is 2.69 bits per heavy atom. The van der Waals surface area contributed by atoms with Crippen LogP contribution in [0, 0.1) is 0 Å². The number of hydrogen-bond donors (Lipinski definition) is 0. The summed E-state index contributed by atoms with van der Waals surface area (Å²) in [5.74, 6) is -5.59. The van der Waals surface area contributed by atoms with E-state index in [4.69, 9.17) is 0 Å². The first-order chi connectivity index (χ1) is 7.47. The van der Waals surface area contributed by atoms with Crippen molar-refractivity contribution >= 4 is 23.1 Å². The number of esters is 1. The lowest BCUT2D eigenvalue weighted by Gasteiger charge is -2.12. The van der Waals surface area contributed by atoms with Crippen LogP contribution in [0.15, 0.2) is 17.5 Å². The second-order valence-corrected chi connectivity index (χ2v) is 4.04. The Bertz CT molecular complexity index is 373. The lowest BCUT2D eigenvalue weighted by Crippen LogP contribution is -2.30. The van der Waals surface area contributed by atoms with Gasteiger partial charge in [-0.3, -0.25) is 4.79 Å². The predicted molar refractivity (Wildman–Crippen MR) is 54.8 cm³/mol. The molecule has 1 rings (SSSR count). The number of hydrogen-bond acceptors (Lipinski definition) is 4. The van der Waals surface area contributed by atoms with Gasteiger partial charge in [0.1, 0.15) is 0 Å². The van der Waals surface area contributed by atoms with Crippen molar-refractivity contribution in [3.63, 3.8) is 0 Å². The number of methoxy groups -OCH3 is 1. The van der Waals surface area contributed by atoms with Crippen LogP contribution >= 0.6 is 11.3 Å². The summed E-state index contributed by atoms with van der Waals surface area (Å²) >= 11 is 1.19. The van der Waals surface area contributed by atoms with Crippen molar-refractivity contribution in [3.8, 4) is 0 Å². The topological polar surface area (TPSA) is 43.4 Å². The highest BCUT2D eigenvalue weighted by Gasteiger charge is 2.40. The Labute approximate surface area is 95.0 Å². The van der Waals surface area contributed by atoms with Crippen molar-refractivity contribution in [2.75, 3.05) is 7.11 Å². The lowest BCUT2D eigenvalue weighted by atomic mass is 10.1. The Morgan fingerprint density at radius 2 is 2.19 bits per heavy atom. The molecule has 0 aromatic carbocycles. The van der Waals surface area contributed by atoms with E-state index in [1.165, 1.54) is 11.3 Å². The quantitative estimate of drug-likeness (QED) is 0.594. The minimum atomic E-state index is -3.60. The summed E-state index contributed by atoms with van der Waals surface area (Å²) in [4.78, 5) is 22.5. The Kier molecular flexibility index (Phi) is 4.12. The Hall–Kier alpha value is -1.30. The molecule has 1 aromatic heterocycles. The van der Waals surface area contributed by atoms with Crippen LogP contribution in [0.3, 0.4) is 0 Å². The van der Waals surface area contributed by atoms with Gasteiger partial charge in [-0.2, -0.15) is 8.78 Å². The summed E-state index contributed by atoms with van der Waals surface area (Å²) < 4.78 is 29.9. The molecule has 88 valence electrons. The monoisotopic (exact) mass is 248 g/mol. The first kappa shape index (κ1) is 12.8. The minimum absolute atomic E-state index is 0.372. The molecule has 3 nitrogen and oxygen atoms in total. The highest BCUT2D eigenvalue weighted by atomic mass is 32.1. The molecule has 16 heavy (non-hydrogen) atoms. The highest BCUT2D eigenvalue weighted by molar-refractivity contribution is 7.12. The number of carbonyl (C=O) groups is 2. The molecule has 0 aliphatic heterocycles. The van der Waals surface area contributed by atoms with E-state index in [0.29, 0.717) is 4.88 Å². The number of rotatable bonds is 5. The maximum absolute atomic E-state index is 13.0. The van der Waals surface area contributed by atoms with Crippen molar-refractivity contribution in [1.82, 2.24) is 0 Å². The Balaban J connectivity index is 2.52. The SMILES string of the molecule is COC(=O)C(F)(F)CCC(=O)c1cccs1. The van der Waals surface area contributed by atoms with Crippen LogP contribution < -0.4 is 0 Å². The van der Waals surface area contributed by atoms with Crippen LogP contribution in [-0.4, -0.2) is 24.8 Å². The summed E-state index contributed by atoms with van der Waals surface area (Å²) in [5.41, 5.74) is 0. The zero-order valence-corrected chi connectivity index (χ0v) is 9.35. The largest absolute Gasteiger partial charge is 0.465 e. The van der Waals surface area contributed by atoms with Crippen molar-refractivity contribution in [1.29, 1.82) is 0 Å². The molecule has 1 aromatic rings. The first-order valence-corrected chi connectivity index (χ1v) is 5.38. The van der Waals surface area contributed by atoms with Crippen molar-refractivity contribution in [3.05, 3.63) is 22.4 Å². The molecule has 0 spiro atoms. The third-order valence-electron chi connectivity index (χ3n) is 1.95. The summed E-state index contributed by atoms with van der Waals surface area (Å²) in [7, 11) is 0.886. The van der Waals surface area contributed by atoms with Crippen LogP contribution in [0.4, 0.5) is 8.78 Å². The number of Topliss-reactive ketones (excluding diaryl/α,β-unsaturated/α-hetero) is 1. The molecule has 0 saturated heterocycles. The van der Waals surface area contributed by atoms with E-state index in [0.717, 1.165) is 7.11 Å². The standard InChI is InChI=1S/C10H10F2O3S/c1-15-9(14)10(11,12)5-4-7(13)8-3-2-6-16-8/h2-3,6H,4-5H2,1H3. The van der Waals surface area contributed by atoms with Gasteiger partial charge in [-0.15, -0.1) is 11.3 Å². The highest BCUT2D eigenvalue weighted by Crippen LogP contribution is 2.23. The summed E-state index contributed by atoms with van der Waals surface area (Å²) in [6.07, 6.45) is -1.20. The summed E-state index contributed by atoms with van der Waals surface area (Å²) in [6, 6.07) is 3.22.